The zero-order chi connectivity index (χ0) is 30.0. The summed E-state index contributed by atoms with van der Waals surface area (Å²) in [5, 5.41) is 9.38. The highest BCUT2D eigenvalue weighted by Crippen LogP contribution is 2.40. The smallest absolute Gasteiger partial charge is 0.224 e. The van der Waals surface area contributed by atoms with Crippen molar-refractivity contribution in [3.8, 4) is 11.4 Å². The van der Waals surface area contributed by atoms with E-state index in [1.807, 2.05) is 13.0 Å². The molecular formula is C32H52N4O3Si2. The molecule has 1 aliphatic rings. The Labute approximate surface area is 249 Å². The van der Waals surface area contributed by atoms with Crippen molar-refractivity contribution >= 4 is 38.6 Å². The minimum Gasteiger partial charge on any atom is -0.361 e. The number of carbonyl (C=O) groups is 1. The lowest BCUT2D eigenvalue weighted by molar-refractivity contribution is -0.115. The van der Waals surface area contributed by atoms with Gasteiger partial charge in [0.2, 0.25) is 5.91 Å². The van der Waals surface area contributed by atoms with Crippen LogP contribution in [0.3, 0.4) is 0 Å². The van der Waals surface area contributed by atoms with E-state index in [0.717, 1.165) is 72.5 Å². The summed E-state index contributed by atoms with van der Waals surface area (Å²) in [5.74, 6) is 0.0126. The van der Waals surface area contributed by atoms with Crippen molar-refractivity contribution in [1.29, 1.82) is 0 Å². The van der Waals surface area contributed by atoms with Gasteiger partial charge < -0.3 is 19.4 Å². The maximum Gasteiger partial charge on any atom is 0.224 e. The lowest BCUT2D eigenvalue weighted by Crippen LogP contribution is -2.25. The van der Waals surface area contributed by atoms with Crippen LogP contribution in [0, 0.1) is 5.41 Å². The van der Waals surface area contributed by atoms with Crippen LogP contribution in [-0.2, 0) is 40.6 Å². The number of nitrogens with one attached hydrogen (secondary N) is 1. The number of aromatic nitrogens is 3. The zero-order valence-corrected chi connectivity index (χ0v) is 28.9. The molecule has 0 atom stereocenters. The fraction of sp³-hybridized carbons (Fsp3) is 0.625. The molecule has 9 heteroatoms. The van der Waals surface area contributed by atoms with Gasteiger partial charge in [0, 0.05) is 58.1 Å². The largest absolute Gasteiger partial charge is 0.361 e. The number of anilines is 1. The third kappa shape index (κ3) is 8.43. The molecule has 1 aromatic carbocycles. The van der Waals surface area contributed by atoms with Gasteiger partial charge in [0.15, 0.2) is 0 Å². The molecule has 1 aliphatic carbocycles. The highest BCUT2D eigenvalue weighted by Gasteiger charge is 2.32. The summed E-state index contributed by atoms with van der Waals surface area (Å²) in [6.07, 6.45) is 3.58. The summed E-state index contributed by atoms with van der Waals surface area (Å²) in [7, 11) is -2.37. The molecule has 0 radical (unpaired) electrons. The molecule has 2 heterocycles. The van der Waals surface area contributed by atoms with Gasteiger partial charge in [-0.2, -0.15) is 5.10 Å². The van der Waals surface area contributed by atoms with Crippen molar-refractivity contribution in [3.05, 3.63) is 35.5 Å². The summed E-state index contributed by atoms with van der Waals surface area (Å²) in [4.78, 5) is 12.2. The van der Waals surface area contributed by atoms with Crippen LogP contribution in [-0.4, -0.2) is 49.6 Å². The van der Waals surface area contributed by atoms with E-state index in [2.05, 4.69) is 85.9 Å². The van der Waals surface area contributed by atoms with Gasteiger partial charge in [-0.15, -0.1) is 0 Å². The second kappa shape index (κ2) is 12.6. The van der Waals surface area contributed by atoms with Gasteiger partial charge in [-0.05, 0) is 55.0 Å². The first-order valence-corrected chi connectivity index (χ1v) is 22.7. The predicted octanol–water partition coefficient (Wildman–Crippen LogP) is 7.99. The Hall–Kier alpha value is -2.21. The summed E-state index contributed by atoms with van der Waals surface area (Å²) < 4.78 is 16.9. The Morgan fingerprint density at radius 1 is 1.00 bits per heavy atom. The van der Waals surface area contributed by atoms with Crippen molar-refractivity contribution in [3.63, 3.8) is 0 Å². The average Bonchev–Trinajstić information content (AvgIpc) is 3.39. The standard InChI is InChI=1S/C32H52N4O3Si2/c1-10-30(37)33-25-12-11-24-19-28(35(27(24)20-25)22-38-15-17-40(4,5)6)31-26-13-14-32(2,3)21-29(26)36(34-31)23-39-16-18-41(7,8)9/h11-12,19-20H,10,13-18,21-23H2,1-9H3,(H,33,37). The van der Waals surface area contributed by atoms with Crippen LogP contribution < -0.4 is 5.32 Å². The molecular weight excluding hydrogens is 545 g/mol. The number of amides is 1. The van der Waals surface area contributed by atoms with Crippen LogP contribution in [0.4, 0.5) is 5.69 Å². The van der Waals surface area contributed by atoms with Crippen LogP contribution in [0.2, 0.25) is 51.4 Å². The number of carbonyl (C=O) groups excluding carboxylic acids is 1. The molecule has 1 N–H and O–H groups in total. The summed E-state index contributed by atoms with van der Waals surface area (Å²) >= 11 is 0. The summed E-state index contributed by atoms with van der Waals surface area (Å²) in [6, 6.07) is 10.7. The van der Waals surface area contributed by atoms with Gasteiger partial charge in [-0.1, -0.05) is 66.1 Å². The van der Waals surface area contributed by atoms with Crippen molar-refractivity contribution in [1.82, 2.24) is 14.3 Å². The Morgan fingerprint density at radius 3 is 2.29 bits per heavy atom. The first-order valence-electron chi connectivity index (χ1n) is 15.3. The molecule has 0 bridgehead atoms. The number of ether oxygens (including phenoxy) is 2. The number of nitrogens with zero attached hydrogens (tertiary/aromatic N) is 3. The molecule has 7 nitrogen and oxygen atoms in total. The molecule has 0 spiro atoms. The predicted molar refractivity (Wildman–Crippen MR) is 176 cm³/mol. The van der Waals surface area contributed by atoms with E-state index in [9.17, 15) is 4.79 Å². The number of hydrogen-bond acceptors (Lipinski definition) is 4. The Balaban J connectivity index is 1.73. The molecule has 2 aromatic heterocycles. The second-order valence-corrected chi connectivity index (χ2v) is 26.2. The minimum atomic E-state index is -1.21. The highest BCUT2D eigenvalue weighted by molar-refractivity contribution is 6.76. The van der Waals surface area contributed by atoms with Crippen molar-refractivity contribution in [2.75, 3.05) is 18.5 Å². The number of rotatable bonds is 13. The maximum absolute atomic E-state index is 12.2. The molecule has 0 saturated heterocycles. The van der Waals surface area contributed by atoms with Crippen LogP contribution in [0.1, 0.15) is 44.9 Å². The lowest BCUT2D eigenvalue weighted by atomic mass is 9.76. The molecule has 0 unspecified atom stereocenters. The fourth-order valence-corrected chi connectivity index (χ4v) is 6.81. The van der Waals surface area contributed by atoms with E-state index >= 15 is 0 Å². The van der Waals surface area contributed by atoms with Crippen LogP contribution in [0.15, 0.2) is 24.3 Å². The van der Waals surface area contributed by atoms with Crippen LogP contribution in [0.25, 0.3) is 22.3 Å². The quantitative estimate of drug-likeness (QED) is 0.160. The van der Waals surface area contributed by atoms with Gasteiger partial charge >= 0.3 is 0 Å². The molecule has 226 valence electrons. The summed E-state index contributed by atoms with van der Waals surface area (Å²) in [6.45, 7) is 23.3. The molecule has 0 saturated carbocycles. The van der Waals surface area contributed by atoms with E-state index in [4.69, 9.17) is 14.6 Å². The normalized spacial score (nSPS) is 15.3. The highest BCUT2D eigenvalue weighted by atomic mass is 28.3. The first-order chi connectivity index (χ1) is 19.2. The Morgan fingerprint density at radius 2 is 1.66 bits per heavy atom. The first kappa shape index (κ1) is 31.7. The second-order valence-electron chi connectivity index (χ2n) is 14.9. The van der Waals surface area contributed by atoms with Crippen LogP contribution >= 0.6 is 0 Å². The van der Waals surface area contributed by atoms with Crippen molar-refractivity contribution in [2.24, 2.45) is 5.41 Å². The minimum absolute atomic E-state index is 0.0126. The van der Waals surface area contributed by atoms with Crippen LogP contribution in [0.5, 0.6) is 0 Å². The third-order valence-electron chi connectivity index (χ3n) is 8.04. The van der Waals surface area contributed by atoms with E-state index in [0.29, 0.717) is 19.9 Å². The van der Waals surface area contributed by atoms with E-state index < -0.39 is 16.1 Å². The lowest BCUT2D eigenvalue weighted by Gasteiger charge is -2.30. The average molecular weight is 597 g/mol. The number of fused-ring (bicyclic) bond motifs is 2. The number of hydrogen-bond donors (Lipinski definition) is 1. The van der Waals surface area contributed by atoms with Crippen molar-refractivity contribution < 1.29 is 14.3 Å². The monoisotopic (exact) mass is 596 g/mol. The van der Waals surface area contributed by atoms with Gasteiger partial charge in [0.05, 0.1) is 11.2 Å². The van der Waals surface area contributed by atoms with Gasteiger partial charge in [0.1, 0.15) is 19.2 Å². The summed E-state index contributed by atoms with van der Waals surface area (Å²) in [5.41, 5.74) is 6.84. The van der Waals surface area contributed by atoms with Gasteiger partial charge in [-0.3, -0.25) is 4.79 Å². The topological polar surface area (TPSA) is 70.3 Å². The van der Waals surface area contributed by atoms with E-state index in [-0.39, 0.29) is 11.3 Å². The number of benzene rings is 1. The molecule has 3 aromatic rings. The molecule has 4 rings (SSSR count). The molecule has 0 fully saturated rings. The third-order valence-corrected chi connectivity index (χ3v) is 11.5. The van der Waals surface area contributed by atoms with E-state index in [1.165, 1.54) is 11.3 Å². The molecule has 1 amide bonds. The van der Waals surface area contributed by atoms with Gasteiger partial charge in [0.25, 0.3) is 0 Å². The molecule has 0 aliphatic heterocycles. The fourth-order valence-electron chi connectivity index (χ4n) is 5.29. The zero-order valence-electron chi connectivity index (χ0n) is 26.9. The SMILES string of the molecule is CCC(=O)Nc1ccc2cc(-c3nn(COCC[Si](C)(C)C)c4c3CCC(C)(C)C4)n(COCC[Si](C)(C)C)c2c1. The Bertz CT molecular complexity index is 1360. The van der Waals surface area contributed by atoms with Crippen molar-refractivity contribution in [2.45, 2.75) is 111 Å². The maximum atomic E-state index is 12.2. The van der Waals surface area contributed by atoms with Gasteiger partial charge in [-0.25, -0.2) is 4.68 Å². The van der Waals surface area contributed by atoms with E-state index in [1.54, 1.807) is 0 Å². The molecule has 41 heavy (non-hydrogen) atoms. The Kier molecular flexibility index (Phi) is 9.73.